The average molecular weight is 317 g/mol. The monoisotopic (exact) mass is 317 g/mol. The Bertz CT molecular complexity index is 679. The lowest BCUT2D eigenvalue weighted by Crippen LogP contribution is -2.08. The van der Waals surface area contributed by atoms with Crippen molar-refractivity contribution in [1.29, 1.82) is 0 Å². The fourth-order valence-corrected chi connectivity index (χ4v) is 2.43. The van der Waals surface area contributed by atoms with Crippen LogP contribution in [0.25, 0.3) is 10.9 Å². The van der Waals surface area contributed by atoms with E-state index >= 15 is 0 Å². The van der Waals surface area contributed by atoms with Crippen molar-refractivity contribution in [3.63, 3.8) is 0 Å². The number of benzene rings is 1. The number of H-pyrrole nitrogens is 1. The van der Waals surface area contributed by atoms with E-state index in [4.69, 9.17) is 0 Å². The Balaban J connectivity index is 1.89. The first-order valence-corrected chi connectivity index (χ1v) is 8.04. The third-order valence-corrected chi connectivity index (χ3v) is 3.75. The number of unbranched alkanes of at least 4 members (excludes halogenated alkanes) is 2. The molecule has 3 N–H and O–H groups in total. The number of carbonyl (C=O) groups excluding carboxylic acids is 1. The number of para-hydroxylation sites is 1. The first-order chi connectivity index (χ1) is 11.1. The van der Waals surface area contributed by atoms with Crippen LogP contribution in [0.15, 0.2) is 34.5 Å². The number of carbonyl (C=O) groups is 1. The van der Waals surface area contributed by atoms with Gasteiger partial charge in [-0.2, -0.15) is 0 Å². The molecule has 1 aromatic heterocycles. The van der Waals surface area contributed by atoms with Gasteiger partial charge < -0.3 is 15.2 Å². The second kappa shape index (κ2) is 8.43. The second-order valence-corrected chi connectivity index (χ2v) is 5.65. The van der Waals surface area contributed by atoms with Gasteiger partial charge in [-0.3, -0.25) is 4.79 Å². The fraction of sp³-hybridized carbons (Fsp3) is 0.471. The van der Waals surface area contributed by atoms with Crippen molar-refractivity contribution in [2.75, 3.05) is 0 Å². The molecule has 124 valence electrons. The molecule has 6 nitrogen and oxygen atoms in total. The molecule has 1 atom stereocenters. The summed E-state index contributed by atoms with van der Waals surface area (Å²) < 4.78 is 0. The molecular weight excluding hydrogens is 294 g/mol. The van der Waals surface area contributed by atoms with Crippen LogP contribution in [0.2, 0.25) is 0 Å². The van der Waals surface area contributed by atoms with Crippen LogP contribution >= 0.6 is 0 Å². The summed E-state index contributed by atoms with van der Waals surface area (Å²) in [7, 11) is 0. The lowest BCUT2D eigenvalue weighted by molar-refractivity contribution is -0.118. The number of hydrogen-bond donors (Lipinski definition) is 3. The number of azo groups is 1. The second-order valence-electron chi connectivity index (χ2n) is 5.65. The molecule has 1 aromatic carbocycles. The van der Waals surface area contributed by atoms with Gasteiger partial charge in [0.05, 0.1) is 11.6 Å². The molecule has 6 heteroatoms. The van der Waals surface area contributed by atoms with Gasteiger partial charge in [0.1, 0.15) is 0 Å². The highest BCUT2D eigenvalue weighted by Crippen LogP contribution is 2.35. The minimum absolute atomic E-state index is 0.109. The molecule has 2 aromatic rings. The molecule has 0 spiro atoms. The Morgan fingerprint density at radius 3 is 2.83 bits per heavy atom. The lowest BCUT2D eigenvalue weighted by Gasteiger charge is -2.07. The molecule has 0 fully saturated rings. The van der Waals surface area contributed by atoms with Crippen LogP contribution in [0.4, 0.5) is 5.69 Å². The van der Waals surface area contributed by atoms with Gasteiger partial charge in [0.25, 0.3) is 5.91 Å². The lowest BCUT2D eigenvalue weighted by atomic mass is 10.1. The maximum atomic E-state index is 11.8. The van der Waals surface area contributed by atoms with E-state index in [0.29, 0.717) is 18.2 Å². The molecule has 0 unspecified atom stereocenters. The van der Waals surface area contributed by atoms with E-state index in [1.165, 1.54) is 0 Å². The van der Waals surface area contributed by atoms with E-state index in [9.17, 15) is 15.0 Å². The summed E-state index contributed by atoms with van der Waals surface area (Å²) in [5.41, 5.74) is 0.996. The largest absolute Gasteiger partial charge is 0.493 e. The van der Waals surface area contributed by atoms with Gasteiger partial charge in [0.15, 0.2) is 5.69 Å². The maximum absolute atomic E-state index is 11.8. The highest BCUT2D eigenvalue weighted by Gasteiger charge is 2.11. The van der Waals surface area contributed by atoms with E-state index in [2.05, 4.69) is 22.1 Å². The van der Waals surface area contributed by atoms with Crippen molar-refractivity contribution in [1.82, 2.24) is 4.98 Å². The smallest absolute Gasteiger partial charge is 0.264 e. The first-order valence-electron chi connectivity index (χ1n) is 8.04. The highest BCUT2D eigenvalue weighted by molar-refractivity contribution is 5.94. The van der Waals surface area contributed by atoms with E-state index in [-0.39, 0.29) is 18.0 Å². The van der Waals surface area contributed by atoms with Crippen LogP contribution in [0, 0.1) is 0 Å². The van der Waals surface area contributed by atoms with Gasteiger partial charge in [0.2, 0.25) is 5.88 Å². The fourth-order valence-electron chi connectivity index (χ4n) is 2.43. The van der Waals surface area contributed by atoms with Crippen molar-refractivity contribution in [2.24, 2.45) is 10.2 Å². The minimum atomic E-state index is -0.470. The molecule has 1 amide bonds. The highest BCUT2D eigenvalue weighted by atomic mass is 16.3. The standard InChI is InChI=1S/C17H23N3O3/c1-2-3-4-7-12(21)10-11-15(22)19-20-16-13-8-5-6-9-14(13)18-17(16)23/h5-6,8-9,12,18,21,23H,2-4,7,10-11H2,1H3/t12-/m1/s1. The summed E-state index contributed by atoms with van der Waals surface area (Å²) in [5, 5.41) is 27.8. The summed E-state index contributed by atoms with van der Waals surface area (Å²) >= 11 is 0. The van der Waals surface area contributed by atoms with Gasteiger partial charge in [0, 0.05) is 11.8 Å². The maximum Gasteiger partial charge on any atom is 0.264 e. The molecule has 0 radical (unpaired) electrons. The summed E-state index contributed by atoms with van der Waals surface area (Å²) in [5.74, 6) is -0.508. The summed E-state index contributed by atoms with van der Waals surface area (Å²) in [6, 6.07) is 7.26. The number of rotatable bonds is 8. The number of aliphatic hydroxyl groups excluding tert-OH is 1. The van der Waals surface area contributed by atoms with Crippen LogP contribution in [0.3, 0.4) is 0 Å². The number of hydrogen-bond acceptors (Lipinski definition) is 4. The van der Waals surface area contributed by atoms with Crippen LogP contribution in [0.1, 0.15) is 45.4 Å². The van der Waals surface area contributed by atoms with Crippen molar-refractivity contribution in [2.45, 2.75) is 51.6 Å². The molecule has 0 aliphatic heterocycles. The third-order valence-electron chi connectivity index (χ3n) is 3.75. The number of aromatic amines is 1. The van der Waals surface area contributed by atoms with E-state index < -0.39 is 12.0 Å². The quantitative estimate of drug-likeness (QED) is 0.502. The third kappa shape index (κ3) is 4.89. The van der Waals surface area contributed by atoms with Crippen molar-refractivity contribution in [3.8, 4) is 5.88 Å². The van der Waals surface area contributed by atoms with E-state index in [0.717, 1.165) is 24.8 Å². The molecule has 1 heterocycles. The Morgan fingerprint density at radius 2 is 2.04 bits per heavy atom. The topological polar surface area (TPSA) is 98.0 Å². The van der Waals surface area contributed by atoms with Gasteiger partial charge in [-0.25, -0.2) is 0 Å². The summed E-state index contributed by atoms with van der Waals surface area (Å²) in [6.07, 6.45) is 3.94. The molecule has 0 saturated heterocycles. The number of nitrogens with one attached hydrogen (secondary N) is 1. The van der Waals surface area contributed by atoms with Gasteiger partial charge >= 0.3 is 0 Å². The number of aromatic hydroxyl groups is 1. The number of aliphatic hydroxyl groups is 1. The van der Waals surface area contributed by atoms with Crippen LogP contribution in [0.5, 0.6) is 5.88 Å². The molecule has 2 rings (SSSR count). The van der Waals surface area contributed by atoms with E-state index in [1.807, 2.05) is 18.2 Å². The number of amides is 1. The molecule has 0 bridgehead atoms. The minimum Gasteiger partial charge on any atom is -0.493 e. The first kappa shape index (κ1) is 17.1. The Labute approximate surface area is 135 Å². The number of fused-ring (bicyclic) bond motifs is 1. The normalized spacial score (nSPS) is 13.0. The van der Waals surface area contributed by atoms with Gasteiger partial charge in [-0.05, 0) is 18.9 Å². The molecule has 0 saturated carbocycles. The van der Waals surface area contributed by atoms with Crippen LogP contribution in [-0.2, 0) is 4.79 Å². The average Bonchev–Trinajstić information content (AvgIpc) is 2.86. The van der Waals surface area contributed by atoms with Gasteiger partial charge in [-0.1, -0.05) is 44.4 Å². The number of aromatic nitrogens is 1. The number of nitrogens with zero attached hydrogens (tertiary/aromatic N) is 2. The van der Waals surface area contributed by atoms with Crippen LogP contribution in [-0.4, -0.2) is 27.2 Å². The van der Waals surface area contributed by atoms with Crippen molar-refractivity contribution in [3.05, 3.63) is 24.3 Å². The SMILES string of the molecule is CCCCC[C@@H](O)CCC(=O)N=Nc1c(O)[nH]c2ccccc12. The predicted octanol–water partition coefficient (Wildman–Crippen LogP) is 4.21. The van der Waals surface area contributed by atoms with Crippen molar-refractivity contribution >= 4 is 22.5 Å². The Morgan fingerprint density at radius 1 is 1.26 bits per heavy atom. The van der Waals surface area contributed by atoms with Gasteiger partial charge in [-0.15, -0.1) is 10.2 Å². The zero-order chi connectivity index (χ0) is 16.7. The predicted molar refractivity (Wildman–Crippen MR) is 88.9 cm³/mol. The van der Waals surface area contributed by atoms with Crippen LogP contribution < -0.4 is 0 Å². The Kier molecular flexibility index (Phi) is 6.29. The summed E-state index contributed by atoms with van der Waals surface area (Å²) in [6.45, 7) is 2.11. The zero-order valence-corrected chi connectivity index (χ0v) is 13.3. The van der Waals surface area contributed by atoms with E-state index in [1.54, 1.807) is 6.07 Å². The summed E-state index contributed by atoms with van der Waals surface area (Å²) in [4.78, 5) is 14.5. The zero-order valence-electron chi connectivity index (χ0n) is 13.3. The molecular formula is C17H23N3O3. The Hall–Kier alpha value is -2.21. The molecule has 0 aliphatic rings. The molecule has 0 aliphatic carbocycles. The molecule has 23 heavy (non-hydrogen) atoms. The van der Waals surface area contributed by atoms with Crippen molar-refractivity contribution < 1.29 is 15.0 Å².